The molecule has 1 N–H and O–H groups in total. The van der Waals surface area contributed by atoms with Gasteiger partial charge in [0.2, 0.25) is 11.8 Å². The van der Waals surface area contributed by atoms with Crippen molar-refractivity contribution in [2.75, 3.05) is 0 Å². The van der Waals surface area contributed by atoms with E-state index < -0.39 is 23.8 Å². The van der Waals surface area contributed by atoms with E-state index >= 15 is 0 Å². The molecule has 1 saturated carbocycles. The number of likely N-dealkylation sites (tertiary alicyclic amines) is 1. The van der Waals surface area contributed by atoms with Crippen LogP contribution in [-0.4, -0.2) is 33.8 Å². The first-order valence-electron chi connectivity index (χ1n) is 5.55. The van der Waals surface area contributed by atoms with Crippen LogP contribution in [0.1, 0.15) is 26.7 Å². The second kappa shape index (κ2) is 3.57. The molecule has 0 radical (unpaired) electrons. The van der Waals surface area contributed by atoms with Crippen molar-refractivity contribution in [3.63, 3.8) is 0 Å². The molecule has 2 rings (SSSR count). The van der Waals surface area contributed by atoms with Crippen molar-refractivity contribution < 1.29 is 19.5 Å². The SMILES string of the molecule is CC1C(=O)N(C(C(=O)O)C2CC2)C(=O)C1C. The molecule has 5 heteroatoms. The van der Waals surface area contributed by atoms with E-state index in [0.29, 0.717) is 0 Å². The lowest BCUT2D eigenvalue weighted by Crippen LogP contribution is -2.46. The van der Waals surface area contributed by atoms with Gasteiger partial charge in [0.15, 0.2) is 0 Å². The summed E-state index contributed by atoms with van der Waals surface area (Å²) in [5.41, 5.74) is 0. The third-order valence-electron chi connectivity index (χ3n) is 3.60. The summed E-state index contributed by atoms with van der Waals surface area (Å²) in [6.45, 7) is 3.35. The van der Waals surface area contributed by atoms with Gasteiger partial charge in [0.05, 0.1) is 0 Å². The first-order valence-corrected chi connectivity index (χ1v) is 5.55. The van der Waals surface area contributed by atoms with Crippen molar-refractivity contribution in [1.82, 2.24) is 4.90 Å². The van der Waals surface area contributed by atoms with Crippen LogP contribution in [0.3, 0.4) is 0 Å². The Bertz CT molecular complexity index is 341. The van der Waals surface area contributed by atoms with Gasteiger partial charge in [-0.3, -0.25) is 14.5 Å². The van der Waals surface area contributed by atoms with Crippen LogP contribution in [0, 0.1) is 17.8 Å². The van der Waals surface area contributed by atoms with Crippen LogP contribution >= 0.6 is 0 Å². The Morgan fingerprint density at radius 2 is 1.69 bits per heavy atom. The highest BCUT2D eigenvalue weighted by atomic mass is 16.4. The standard InChI is InChI=1S/C11H15NO4/c1-5-6(2)10(14)12(9(5)13)8(11(15)16)7-3-4-7/h5-8H,3-4H2,1-2H3,(H,15,16). The number of carboxylic acids is 1. The maximum absolute atomic E-state index is 11.8. The number of carbonyl (C=O) groups excluding carboxylic acids is 2. The van der Waals surface area contributed by atoms with E-state index in [1.807, 2.05) is 0 Å². The van der Waals surface area contributed by atoms with Crippen LogP contribution in [-0.2, 0) is 14.4 Å². The van der Waals surface area contributed by atoms with Gasteiger partial charge < -0.3 is 5.11 Å². The van der Waals surface area contributed by atoms with Gasteiger partial charge in [-0.2, -0.15) is 0 Å². The van der Waals surface area contributed by atoms with E-state index in [1.54, 1.807) is 13.8 Å². The lowest BCUT2D eigenvalue weighted by atomic mass is 10.00. The molecule has 0 aromatic rings. The van der Waals surface area contributed by atoms with Crippen molar-refractivity contribution >= 4 is 17.8 Å². The molecule has 5 nitrogen and oxygen atoms in total. The summed E-state index contributed by atoms with van der Waals surface area (Å²) in [6.07, 6.45) is 1.58. The maximum atomic E-state index is 11.8. The van der Waals surface area contributed by atoms with Crippen LogP contribution in [0.2, 0.25) is 0 Å². The first-order chi connectivity index (χ1) is 7.45. The quantitative estimate of drug-likeness (QED) is 0.709. The summed E-state index contributed by atoms with van der Waals surface area (Å²) < 4.78 is 0. The van der Waals surface area contributed by atoms with Crippen LogP contribution < -0.4 is 0 Å². The minimum atomic E-state index is -1.06. The average molecular weight is 225 g/mol. The van der Waals surface area contributed by atoms with Crippen LogP contribution in [0.4, 0.5) is 0 Å². The van der Waals surface area contributed by atoms with E-state index in [-0.39, 0.29) is 17.7 Å². The molecule has 2 amide bonds. The minimum absolute atomic E-state index is 0.0390. The molecule has 88 valence electrons. The lowest BCUT2D eigenvalue weighted by molar-refractivity contribution is -0.155. The Morgan fingerprint density at radius 1 is 1.25 bits per heavy atom. The normalized spacial score (nSPS) is 32.0. The monoisotopic (exact) mass is 225 g/mol. The third-order valence-corrected chi connectivity index (χ3v) is 3.60. The topological polar surface area (TPSA) is 74.7 Å². The van der Waals surface area contributed by atoms with Gasteiger partial charge in [-0.1, -0.05) is 13.8 Å². The molecule has 0 aromatic heterocycles. The van der Waals surface area contributed by atoms with E-state index in [4.69, 9.17) is 5.11 Å². The molecule has 1 aliphatic heterocycles. The number of hydrogen-bond acceptors (Lipinski definition) is 3. The third kappa shape index (κ3) is 1.50. The summed E-state index contributed by atoms with van der Waals surface area (Å²) in [5, 5.41) is 9.11. The maximum Gasteiger partial charge on any atom is 0.327 e. The van der Waals surface area contributed by atoms with Crippen molar-refractivity contribution in [3.05, 3.63) is 0 Å². The Hall–Kier alpha value is -1.39. The molecule has 0 spiro atoms. The largest absolute Gasteiger partial charge is 0.480 e. The summed E-state index contributed by atoms with van der Waals surface area (Å²) in [7, 11) is 0. The Balaban J connectivity index is 2.28. The fourth-order valence-electron chi connectivity index (χ4n) is 2.18. The zero-order valence-corrected chi connectivity index (χ0v) is 9.34. The van der Waals surface area contributed by atoms with E-state index in [0.717, 1.165) is 17.7 Å². The Morgan fingerprint density at radius 3 is 2.00 bits per heavy atom. The minimum Gasteiger partial charge on any atom is -0.480 e. The highest BCUT2D eigenvalue weighted by molar-refractivity contribution is 6.07. The molecule has 1 saturated heterocycles. The molecule has 1 heterocycles. The average Bonchev–Trinajstić information content (AvgIpc) is 3.01. The fraction of sp³-hybridized carbons (Fsp3) is 0.727. The summed E-state index contributed by atoms with van der Waals surface area (Å²) in [6, 6.07) is -0.938. The summed E-state index contributed by atoms with van der Waals surface area (Å²) in [5.74, 6) is -2.57. The smallest absolute Gasteiger partial charge is 0.327 e. The second-order valence-corrected chi connectivity index (χ2v) is 4.74. The molecular formula is C11H15NO4. The van der Waals surface area contributed by atoms with Gasteiger partial charge in [-0.15, -0.1) is 0 Å². The predicted octanol–water partition coefficient (Wildman–Crippen LogP) is 0.491. The number of imide groups is 1. The number of hydrogen-bond donors (Lipinski definition) is 1. The number of carboxylic acid groups (broad SMARTS) is 1. The molecule has 2 fully saturated rings. The predicted molar refractivity (Wildman–Crippen MR) is 54.3 cm³/mol. The molecule has 0 aromatic carbocycles. The molecular weight excluding hydrogens is 210 g/mol. The van der Waals surface area contributed by atoms with Crippen LogP contribution in [0.25, 0.3) is 0 Å². The van der Waals surface area contributed by atoms with Crippen molar-refractivity contribution in [1.29, 1.82) is 0 Å². The van der Waals surface area contributed by atoms with Crippen LogP contribution in [0.5, 0.6) is 0 Å². The molecule has 3 atom stereocenters. The zero-order valence-electron chi connectivity index (χ0n) is 9.34. The second-order valence-electron chi connectivity index (χ2n) is 4.74. The van der Waals surface area contributed by atoms with Crippen molar-refractivity contribution in [2.45, 2.75) is 32.7 Å². The van der Waals surface area contributed by atoms with Gasteiger partial charge in [0, 0.05) is 11.8 Å². The van der Waals surface area contributed by atoms with Gasteiger partial charge >= 0.3 is 5.97 Å². The number of rotatable bonds is 3. The molecule has 16 heavy (non-hydrogen) atoms. The fourth-order valence-corrected chi connectivity index (χ4v) is 2.18. The number of aliphatic carboxylic acids is 1. The number of amides is 2. The van der Waals surface area contributed by atoms with Gasteiger partial charge in [0.1, 0.15) is 6.04 Å². The molecule has 1 aliphatic carbocycles. The van der Waals surface area contributed by atoms with Crippen molar-refractivity contribution in [2.24, 2.45) is 17.8 Å². The summed E-state index contributed by atoms with van der Waals surface area (Å²) in [4.78, 5) is 35.8. The molecule has 0 bridgehead atoms. The number of nitrogens with zero attached hydrogens (tertiary/aromatic N) is 1. The highest BCUT2D eigenvalue weighted by Crippen LogP contribution is 2.39. The van der Waals surface area contributed by atoms with Gasteiger partial charge in [-0.05, 0) is 18.8 Å². The van der Waals surface area contributed by atoms with Gasteiger partial charge in [0.25, 0.3) is 0 Å². The van der Waals surface area contributed by atoms with Crippen molar-refractivity contribution in [3.8, 4) is 0 Å². The van der Waals surface area contributed by atoms with Crippen LogP contribution in [0.15, 0.2) is 0 Å². The number of carbonyl (C=O) groups is 3. The Kier molecular flexibility index (Phi) is 2.48. The Labute approximate surface area is 93.4 Å². The zero-order chi connectivity index (χ0) is 12.0. The molecule has 2 aliphatic rings. The van der Waals surface area contributed by atoms with Gasteiger partial charge in [-0.25, -0.2) is 4.79 Å². The molecule has 3 unspecified atom stereocenters. The van der Waals surface area contributed by atoms with E-state index in [1.165, 1.54) is 0 Å². The van der Waals surface area contributed by atoms with E-state index in [2.05, 4.69) is 0 Å². The highest BCUT2D eigenvalue weighted by Gasteiger charge is 2.52. The first kappa shape index (κ1) is 11.1. The lowest BCUT2D eigenvalue weighted by Gasteiger charge is -2.22. The summed E-state index contributed by atoms with van der Waals surface area (Å²) >= 11 is 0. The van der Waals surface area contributed by atoms with E-state index in [9.17, 15) is 14.4 Å².